The minimum Gasteiger partial charge on any atom is -0.340 e. The van der Waals surface area contributed by atoms with Crippen LogP contribution in [-0.4, -0.2) is 9.97 Å². The van der Waals surface area contributed by atoms with Crippen LogP contribution in [-0.2, 0) is 0 Å². The van der Waals surface area contributed by atoms with Crippen LogP contribution in [0.2, 0.25) is 0 Å². The molecule has 0 aliphatic heterocycles. The van der Waals surface area contributed by atoms with Crippen LogP contribution in [0.1, 0.15) is 17.0 Å². The first-order chi connectivity index (χ1) is 8.20. The summed E-state index contributed by atoms with van der Waals surface area (Å²) in [5.74, 6) is 0.801. The average Bonchev–Trinajstić information content (AvgIpc) is 2.34. The smallest absolute Gasteiger partial charge is 0.234 e. The minimum absolute atomic E-state index is 0.168. The Morgan fingerprint density at radius 2 is 1.88 bits per heavy atom. The number of aromatic nitrogens is 2. The van der Waals surface area contributed by atoms with Gasteiger partial charge in [-0.1, -0.05) is 18.2 Å². The Hall–Kier alpha value is -2.41. The van der Waals surface area contributed by atoms with Crippen molar-refractivity contribution in [3.63, 3.8) is 0 Å². The highest BCUT2D eigenvalue weighted by Gasteiger charge is 2.04. The molecule has 0 saturated heterocycles. The molecule has 1 N–H and O–H groups in total. The third kappa shape index (κ3) is 2.40. The predicted molar refractivity (Wildman–Crippen MR) is 65.9 cm³/mol. The molecule has 4 heteroatoms. The lowest BCUT2D eigenvalue weighted by molar-refractivity contribution is 1.11. The van der Waals surface area contributed by atoms with Gasteiger partial charge in [0.25, 0.3) is 0 Å². The molecule has 1 heterocycles. The van der Waals surface area contributed by atoms with E-state index in [1.165, 1.54) is 0 Å². The van der Waals surface area contributed by atoms with Gasteiger partial charge < -0.3 is 5.32 Å². The molecule has 0 atom stereocenters. The van der Waals surface area contributed by atoms with E-state index in [2.05, 4.69) is 15.3 Å². The molecule has 1 aromatic heterocycles. The number of nitriles is 1. The van der Waals surface area contributed by atoms with Crippen molar-refractivity contribution in [2.45, 2.75) is 13.8 Å². The summed E-state index contributed by atoms with van der Waals surface area (Å²) in [6.07, 6.45) is 1.57. The van der Waals surface area contributed by atoms with Crippen LogP contribution < -0.4 is 5.32 Å². The lowest BCUT2D eigenvalue weighted by Gasteiger charge is -2.11. The van der Waals surface area contributed by atoms with Gasteiger partial charge in [0, 0.05) is 11.9 Å². The molecule has 1 aromatic carbocycles. The number of anilines is 2. The fourth-order valence-corrected chi connectivity index (χ4v) is 1.62. The van der Waals surface area contributed by atoms with Crippen LogP contribution >= 0.6 is 0 Å². The number of hydrogen-bond acceptors (Lipinski definition) is 4. The van der Waals surface area contributed by atoms with Crippen molar-refractivity contribution in [1.29, 1.82) is 5.26 Å². The van der Waals surface area contributed by atoms with Gasteiger partial charge in [0.2, 0.25) is 5.82 Å². The van der Waals surface area contributed by atoms with Crippen molar-refractivity contribution < 1.29 is 0 Å². The first kappa shape index (κ1) is 11.1. The van der Waals surface area contributed by atoms with E-state index in [1.807, 2.05) is 38.1 Å². The van der Waals surface area contributed by atoms with Gasteiger partial charge in [0.1, 0.15) is 11.9 Å². The summed E-state index contributed by atoms with van der Waals surface area (Å²) in [5, 5.41) is 11.9. The molecule has 84 valence electrons. The molecule has 0 radical (unpaired) electrons. The first-order valence-electron chi connectivity index (χ1n) is 5.27. The Kier molecular flexibility index (Phi) is 3.01. The van der Waals surface area contributed by atoms with E-state index in [4.69, 9.17) is 5.26 Å². The van der Waals surface area contributed by atoms with Gasteiger partial charge in [-0.2, -0.15) is 5.26 Å². The molecule has 0 aliphatic carbocycles. The van der Waals surface area contributed by atoms with Gasteiger partial charge in [0.05, 0.1) is 0 Å². The van der Waals surface area contributed by atoms with E-state index in [0.29, 0.717) is 5.82 Å². The van der Waals surface area contributed by atoms with Gasteiger partial charge in [-0.3, -0.25) is 0 Å². The molecular weight excluding hydrogens is 212 g/mol. The minimum atomic E-state index is 0.168. The number of nitrogens with one attached hydrogen (secondary N) is 1. The van der Waals surface area contributed by atoms with Gasteiger partial charge in [-0.25, -0.2) is 9.97 Å². The van der Waals surface area contributed by atoms with Crippen molar-refractivity contribution in [3.05, 3.63) is 47.4 Å². The van der Waals surface area contributed by atoms with E-state index in [9.17, 15) is 0 Å². The molecule has 0 saturated carbocycles. The van der Waals surface area contributed by atoms with Crippen molar-refractivity contribution in [3.8, 4) is 6.07 Å². The zero-order chi connectivity index (χ0) is 12.3. The second-order valence-electron chi connectivity index (χ2n) is 3.77. The fourth-order valence-electron chi connectivity index (χ4n) is 1.62. The van der Waals surface area contributed by atoms with E-state index in [-0.39, 0.29) is 5.82 Å². The maximum atomic E-state index is 8.73. The third-order valence-corrected chi connectivity index (χ3v) is 2.49. The summed E-state index contributed by atoms with van der Waals surface area (Å²) in [4.78, 5) is 7.92. The van der Waals surface area contributed by atoms with Gasteiger partial charge in [0.15, 0.2) is 0 Å². The van der Waals surface area contributed by atoms with Crippen LogP contribution in [0, 0.1) is 25.2 Å². The summed E-state index contributed by atoms with van der Waals surface area (Å²) in [6, 6.07) is 9.73. The maximum absolute atomic E-state index is 8.73. The van der Waals surface area contributed by atoms with E-state index >= 15 is 0 Å². The molecule has 0 spiro atoms. The molecule has 0 amide bonds. The molecule has 0 unspecified atom stereocenters. The summed E-state index contributed by atoms with van der Waals surface area (Å²) in [5.41, 5.74) is 3.30. The van der Waals surface area contributed by atoms with E-state index in [1.54, 1.807) is 12.3 Å². The highest BCUT2D eigenvalue weighted by molar-refractivity contribution is 5.64. The quantitative estimate of drug-likeness (QED) is 0.851. The average molecular weight is 224 g/mol. The van der Waals surface area contributed by atoms with Crippen LogP contribution in [0.4, 0.5) is 11.5 Å². The standard InChI is InChI=1S/C13H12N4/c1-9-4-3-5-10(2)13(9)17-11-6-7-15-12(8-14)16-11/h3-7H,1-2H3,(H,15,16,17). The molecular formula is C13H12N4. The van der Waals surface area contributed by atoms with E-state index in [0.717, 1.165) is 16.8 Å². The molecule has 4 nitrogen and oxygen atoms in total. The van der Waals surface area contributed by atoms with Gasteiger partial charge in [-0.05, 0) is 31.0 Å². The van der Waals surface area contributed by atoms with Crippen LogP contribution in [0.3, 0.4) is 0 Å². The number of aryl methyl sites for hydroxylation is 2. The number of hydrogen-bond donors (Lipinski definition) is 1. The zero-order valence-electron chi connectivity index (χ0n) is 9.73. The number of nitrogens with zero attached hydrogens (tertiary/aromatic N) is 3. The van der Waals surface area contributed by atoms with Crippen molar-refractivity contribution >= 4 is 11.5 Å². The summed E-state index contributed by atoms with van der Waals surface area (Å²) in [6.45, 7) is 4.06. The Labute approximate surface area is 100.0 Å². The molecule has 2 rings (SSSR count). The fraction of sp³-hybridized carbons (Fsp3) is 0.154. The Morgan fingerprint density at radius 1 is 1.18 bits per heavy atom. The number of benzene rings is 1. The molecule has 0 fully saturated rings. The lowest BCUT2D eigenvalue weighted by Crippen LogP contribution is -2.00. The van der Waals surface area contributed by atoms with E-state index < -0.39 is 0 Å². The topological polar surface area (TPSA) is 61.6 Å². The molecule has 0 bridgehead atoms. The van der Waals surface area contributed by atoms with Gasteiger partial charge in [-0.15, -0.1) is 0 Å². The van der Waals surface area contributed by atoms with Crippen molar-refractivity contribution in [2.75, 3.05) is 5.32 Å². The molecule has 17 heavy (non-hydrogen) atoms. The SMILES string of the molecule is Cc1cccc(C)c1Nc1ccnc(C#N)n1. The number of rotatable bonds is 2. The maximum Gasteiger partial charge on any atom is 0.234 e. The second kappa shape index (κ2) is 4.62. The summed E-state index contributed by atoms with van der Waals surface area (Å²) >= 11 is 0. The highest BCUT2D eigenvalue weighted by atomic mass is 15.0. The Morgan fingerprint density at radius 3 is 2.53 bits per heavy atom. The van der Waals surface area contributed by atoms with Gasteiger partial charge >= 0.3 is 0 Å². The molecule has 2 aromatic rings. The van der Waals surface area contributed by atoms with Crippen LogP contribution in [0.5, 0.6) is 0 Å². The monoisotopic (exact) mass is 224 g/mol. The van der Waals surface area contributed by atoms with Crippen LogP contribution in [0.25, 0.3) is 0 Å². The third-order valence-electron chi connectivity index (χ3n) is 2.49. The zero-order valence-corrected chi connectivity index (χ0v) is 9.73. The predicted octanol–water partition coefficient (Wildman–Crippen LogP) is 2.71. The normalized spacial score (nSPS) is 9.71. The van der Waals surface area contributed by atoms with Crippen molar-refractivity contribution in [2.24, 2.45) is 0 Å². The first-order valence-corrected chi connectivity index (χ1v) is 5.27. The Balaban J connectivity index is 2.35. The highest BCUT2D eigenvalue weighted by Crippen LogP contribution is 2.22. The lowest BCUT2D eigenvalue weighted by atomic mass is 10.1. The van der Waals surface area contributed by atoms with Crippen molar-refractivity contribution in [1.82, 2.24) is 9.97 Å². The Bertz CT molecular complexity index is 564. The number of para-hydroxylation sites is 1. The molecule has 0 aliphatic rings. The summed E-state index contributed by atoms with van der Waals surface area (Å²) in [7, 11) is 0. The largest absolute Gasteiger partial charge is 0.340 e. The second-order valence-corrected chi connectivity index (χ2v) is 3.77. The van der Waals surface area contributed by atoms with Crippen LogP contribution in [0.15, 0.2) is 30.5 Å². The summed E-state index contributed by atoms with van der Waals surface area (Å²) < 4.78 is 0.